The molecule has 0 radical (unpaired) electrons. The molecule has 3 N–H and O–H groups in total. The van der Waals surface area contributed by atoms with Crippen LogP contribution in [0.15, 0.2) is 66.7 Å². The summed E-state index contributed by atoms with van der Waals surface area (Å²) in [5.74, 6) is 0.0726. The van der Waals surface area contributed by atoms with E-state index in [2.05, 4.69) is 15.6 Å². The first-order valence-corrected chi connectivity index (χ1v) is 10.4. The standard InChI is InChI=1S/C24H22N4O5/c29-19(9-12-22(30)31)16-5-4-8-18(15-16)25-21-11-10-20-23(27-21)28(13-14-33-20)24(32)26-17-6-2-1-3-7-17/h1-8,10-11,15H,9,12-14H2,(H,25,27)(H,26,32)(H,30,31). The molecule has 4 rings (SSSR count). The number of ether oxygens (including phenoxy) is 1. The second-order valence-corrected chi connectivity index (χ2v) is 7.34. The molecule has 0 saturated carbocycles. The van der Waals surface area contributed by atoms with Gasteiger partial charge in [0.2, 0.25) is 0 Å². The summed E-state index contributed by atoms with van der Waals surface area (Å²) in [6.45, 7) is 0.694. The number of urea groups is 1. The van der Waals surface area contributed by atoms with E-state index in [1.807, 2.05) is 18.2 Å². The van der Waals surface area contributed by atoms with Gasteiger partial charge in [0.1, 0.15) is 12.4 Å². The molecule has 3 aromatic rings. The van der Waals surface area contributed by atoms with Crippen molar-refractivity contribution in [2.24, 2.45) is 0 Å². The maximum atomic E-state index is 12.8. The van der Waals surface area contributed by atoms with Gasteiger partial charge in [0.05, 0.1) is 13.0 Å². The van der Waals surface area contributed by atoms with E-state index in [1.54, 1.807) is 48.5 Å². The van der Waals surface area contributed by atoms with E-state index >= 15 is 0 Å². The Balaban J connectivity index is 1.51. The molecule has 1 aliphatic heterocycles. The van der Waals surface area contributed by atoms with E-state index in [4.69, 9.17) is 9.84 Å². The number of benzene rings is 2. The average molecular weight is 446 g/mol. The summed E-state index contributed by atoms with van der Waals surface area (Å²) < 4.78 is 5.65. The second kappa shape index (κ2) is 9.82. The lowest BCUT2D eigenvalue weighted by Crippen LogP contribution is -2.41. The number of aromatic nitrogens is 1. The lowest BCUT2D eigenvalue weighted by atomic mass is 10.1. The van der Waals surface area contributed by atoms with Crippen LogP contribution >= 0.6 is 0 Å². The predicted molar refractivity (Wildman–Crippen MR) is 123 cm³/mol. The van der Waals surface area contributed by atoms with Gasteiger partial charge in [-0.25, -0.2) is 9.78 Å². The summed E-state index contributed by atoms with van der Waals surface area (Å²) in [5.41, 5.74) is 1.70. The Labute approximate surface area is 190 Å². The van der Waals surface area contributed by atoms with Crippen molar-refractivity contribution in [3.8, 4) is 5.75 Å². The highest BCUT2D eigenvalue weighted by Crippen LogP contribution is 2.32. The van der Waals surface area contributed by atoms with Crippen LogP contribution in [0.3, 0.4) is 0 Å². The van der Waals surface area contributed by atoms with Crippen LogP contribution < -0.4 is 20.3 Å². The monoisotopic (exact) mass is 446 g/mol. The molecule has 0 saturated heterocycles. The Hall–Kier alpha value is -4.40. The number of carboxylic acids is 1. The van der Waals surface area contributed by atoms with E-state index in [0.717, 1.165) is 0 Å². The Morgan fingerprint density at radius 1 is 0.970 bits per heavy atom. The Morgan fingerprint density at radius 3 is 2.55 bits per heavy atom. The van der Waals surface area contributed by atoms with Crippen LogP contribution in [-0.2, 0) is 4.79 Å². The van der Waals surface area contributed by atoms with Gasteiger partial charge in [-0.2, -0.15) is 0 Å². The summed E-state index contributed by atoms with van der Waals surface area (Å²) >= 11 is 0. The largest absolute Gasteiger partial charge is 0.488 e. The van der Waals surface area contributed by atoms with Crippen molar-refractivity contribution in [2.75, 3.05) is 28.7 Å². The van der Waals surface area contributed by atoms with Gasteiger partial charge in [-0.15, -0.1) is 0 Å². The van der Waals surface area contributed by atoms with E-state index < -0.39 is 5.97 Å². The number of nitrogens with zero attached hydrogens (tertiary/aromatic N) is 2. The minimum Gasteiger partial charge on any atom is -0.488 e. The summed E-state index contributed by atoms with van der Waals surface area (Å²) in [6, 6.07) is 19.0. The number of hydrogen-bond acceptors (Lipinski definition) is 6. The molecule has 1 aromatic heterocycles. The van der Waals surface area contributed by atoms with Crippen LogP contribution in [0.4, 0.5) is 27.8 Å². The van der Waals surface area contributed by atoms with Crippen molar-refractivity contribution in [1.29, 1.82) is 0 Å². The number of nitrogens with one attached hydrogen (secondary N) is 2. The fourth-order valence-electron chi connectivity index (χ4n) is 3.36. The first-order valence-electron chi connectivity index (χ1n) is 10.4. The maximum Gasteiger partial charge on any atom is 0.327 e. The van der Waals surface area contributed by atoms with E-state index in [0.29, 0.717) is 47.5 Å². The van der Waals surface area contributed by atoms with E-state index in [1.165, 1.54) is 4.90 Å². The van der Waals surface area contributed by atoms with Crippen molar-refractivity contribution in [1.82, 2.24) is 4.98 Å². The molecule has 2 heterocycles. The number of hydrogen-bond donors (Lipinski definition) is 3. The van der Waals surface area contributed by atoms with Crippen LogP contribution in [0, 0.1) is 0 Å². The number of ketones is 1. The SMILES string of the molecule is O=C(O)CCC(=O)c1cccc(Nc2ccc3c(n2)N(C(=O)Nc2ccccc2)CCO3)c1. The second-order valence-electron chi connectivity index (χ2n) is 7.34. The normalized spacial score (nSPS) is 12.3. The molecule has 0 unspecified atom stereocenters. The molecule has 1 aliphatic rings. The third kappa shape index (κ3) is 5.45. The van der Waals surface area contributed by atoms with Crippen LogP contribution in [0.25, 0.3) is 0 Å². The molecular formula is C24H22N4O5. The lowest BCUT2D eigenvalue weighted by Gasteiger charge is -2.28. The predicted octanol–water partition coefficient (Wildman–Crippen LogP) is 4.30. The van der Waals surface area contributed by atoms with Gasteiger partial charge in [-0.05, 0) is 36.4 Å². The zero-order valence-corrected chi connectivity index (χ0v) is 17.7. The smallest absolute Gasteiger partial charge is 0.327 e. The van der Waals surface area contributed by atoms with Crippen molar-refractivity contribution in [3.63, 3.8) is 0 Å². The zero-order valence-electron chi connectivity index (χ0n) is 17.7. The number of rotatable bonds is 7. The number of amides is 2. The van der Waals surface area contributed by atoms with Crippen molar-refractivity contribution in [3.05, 3.63) is 72.3 Å². The maximum absolute atomic E-state index is 12.8. The average Bonchev–Trinajstić information content (AvgIpc) is 2.83. The minimum absolute atomic E-state index is 0.0707. The highest BCUT2D eigenvalue weighted by Gasteiger charge is 2.26. The number of Topliss-reactive ketones (excluding diaryl/α,β-unsaturated/α-hetero) is 1. The highest BCUT2D eigenvalue weighted by atomic mass is 16.5. The molecule has 2 amide bonds. The number of carbonyl (C=O) groups is 3. The molecular weight excluding hydrogens is 424 g/mol. The summed E-state index contributed by atoms with van der Waals surface area (Å²) in [4.78, 5) is 41.9. The summed E-state index contributed by atoms with van der Waals surface area (Å²) in [7, 11) is 0. The van der Waals surface area contributed by atoms with Gasteiger partial charge in [0.25, 0.3) is 0 Å². The van der Waals surface area contributed by atoms with Gasteiger partial charge in [0, 0.05) is 23.4 Å². The van der Waals surface area contributed by atoms with E-state index in [-0.39, 0.29) is 24.7 Å². The zero-order chi connectivity index (χ0) is 23.2. The quantitative estimate of drug-likeness (QED) is 0.463. The van der Waals surface area contributed by atoms with Crippen LogP contribution in [0.2, 0.25) is 0 Å². The van der Waals surface area contributed by atoms with Crippen LogP contribution in [0.5, 0.6) is 5.75 Å². The molecule has 0 atom stereocenters. The van der Waals surface area contributed by atoms with Gasteiger partial charge in [-0.1, -0.05) is 30.3 Å². The molecule has 168 valence electrons. The van der Waals surface area contributed by atoms with E-state index in [9.17, 15) is 14.4 Å². The highest BCUT2D eigenvalue weighted by molar-refractivity contribution is 6.02. The first-order chi connectivity index (χ1) is 16.0. The third-order valence-electron chi connectivity index (χ3n) is 4.96. The fraction of sp³-hybridized carbons (Fsp3) is 0.167. The van der Waals surface area contributed by atoms with Gasteiger partial charge in [-0.3, -0.25) is 14.5 Å². The number of carbonyl (C=O) groups excluding carboxylic acids is 2. The van der Waals surface area contributed by atoms with Crippen molar-refractivity contribution < 1.29 is 24.2 Å². The number of para-hydroxylation sites is 1. The van der Waals surface area contributed by atoms with Gasteiger partial charge < -0.3 is 20.5 Å². The lowest BCUT2D eigenvalue weighted by molar-refractivity contribution is -0.136. The minimum atomic E-state index is -1.01. The molecule has 33 heavy (non-hydrogen) atoms. The molecule has 0 bridgehead atoms. The van der Waals surface area contributed by atoms with Gasteiger partial charge >= 0.3 is 12.0 Å². The number of aliphatic carboxylic acids is 1. The number of pyridine rings is 1. The Morgan fingerprint density at radius 2 is 1.76 bits per heavy atom. The first kappa shape index (κ1) is 21.8. The molecule has 9 nitrogen and oxygen atoms in total. The number of anilines is 4. The molecule has 0 fully saturated rings. The number of carboxylic acid groups (broad SMARTS) is 1. The molecule has 0 spiro atoms. The van der Waals surface area contributed by atoms with Crippen molar-refractivity contribution in [2.45, 2.75) is 12.8 Å². The fourth-order valence-corrected chi connectivity index (χ4v) is 3.36. The Kier molecular flexibility index (Phi) is 6.49. The number of fused-ring (bicyclic) bond motifs is 1. The topological polar surface area (TPSA) is 121 Å². The molecule has 9 heteroatoms. The van der Waals surface area contributed by atoms with Crippen molar-refractivity contribution >= 4 is 40.8 Å². The summed E-state index contributed by atoms with van der Waals surface area (Å²) in [6.07, 6.45) is -0.289. The summed E-state index contributed by atoms with van der Waals surface area (Å²) in [5, 5.41) is 14.8. The Bertz CT molecular complexity index is 1180. The molecule has 0 aliphatic carbocycles. The van der Waals surface area contributed by atoms with Crippen LogP contribution in [-0.4, -0.2) is 41.0 Å². The third-order valence-corrected chi connectivity index (χ3v) is 4.96. The van der Waals surface area contributed by atoms with Gasteiger partial charge in [0.15, 0.2) is 17.4 Å². The molecule has 2 aromatic carbocycles. The van der Waals surface area contributed by atoms with Crippen LogP contribution in [0.1, 0.15) is 23.2 Å².